The molecule has 3 N–H and O–H groups in total. The first-order valence-corrected chi connectivity index (χ1v) is 7.62. The normalized spacial score (nSPS) is 13.4. The van der Waals surface area contributed by atoms with Crippen molar-refractivity contribution in [3.63, 3.8) is 0 Å². The number of hydrogen-bond donors (Lipinski definition) is 3. The maximum absolute atomic E-state index is 3.65. The molecule has 0 heterocycles. The molecule has 13 heavy (non-hydrogen) atoms. The Bertz CT molecular complexity index is 136. The van der Waals surface area contributed by atoms with E-state index in [1.165, 1.54) is 0 Å². The van der Waals surface area contributed by atoms with Crippen LogP contribution in [0, 0.1) is 0 Å². The molecular weight excluding hydrogens is 178 g/mol. The van der Waals surface area contributed by atoms with Crippen molar-refractivity contribution in [1.82, 2.24) is 14.9 Å². The lowest BCUT2D eigenvalue weighted by molar-refractivity contribution is 0.496. The Kier molecular flexibility index (Phi) is 5.13. The second kappa shape index (κ2) is 5.10. The van der Waals surface area contributed by atoms with Crippen LogP contribution in [-0.4, -0.2) is 27.2 Å². The lowest BCUT2D eigenvalue weighted by Crippen LogP contribution is -2.73. The minimum Gasteiger partial charge on any atom is -0.314 e. The monoisotopic (exact) mass is 203 g/mol. The summed E-state index contributed by atoms with van der Waals surface area (Å²) in [5.74, 6) is 0. The summed E-state index contributed by atoms with van der Waals surface area (Å²) in [6.45, 7) is 15.2. The molecule has 0 bridgehead atoms. The summed E-state index contributed by atoms with van der Waals surface area (Å²) in [6.07, 6.45) is 0. The van der Waals surface area contributed by atoms with Gasteiger partial charge in [0.1, 0.15) is 0 Å². The quantitative estimate of drug-likeness (QED) is 0.587. The minimum atomic E-state index is -1.63. The van der Waals surface area contributed by atoms with Crippen LogP contribution in [-0.2, 0) is 0 Å². The van der Waals surface area contributed by atoms with E-state index in [2.05, 4.69) is 56.1 Å². The molecule has 80 valence electrons. The van der Waals surface area contributed by atoms with Crippen molar-refractivity contribution in [3.8, 4) is 0 Å². The van der Waals surface area contributed by atoms with E-state index < -0.39 is 8.56 Å². The second-order valence-corrected chi connectivity index (χ2v) is 7.77. The zero-order chi connectivity index (χ0) is 10.5. The fraction of sp³-hybridized carbons (Fsp3) is 1.00. The molecule has 0 fully saturated rings. The second-order valence-electron chi connectivity index (χ2n) is 4.56. The maximum Gasteiger partial charge on any atom is 0.278 e. The van der Waals surface area contributed by atoms with Gasteiger partial charge >= 0.3 is 0 Å². The molecule has 0 saturated carbocycles. The van der Waals surface area contributed by atoms with Crippen LogP contribution in [0.4, 0.5) is 0 Å². The van der Waals surface area contributed by atoms with Crippen molar-refractivity contribution in [3.05, 3.63) is 0 Å². The van der Waals surface area contributed by atoms with Crippen molar-refractivity contribution >= 4 is 8.56 Å². The molecule has 0 saturated heterocycles. The Morgan fingerprint density at radius 3 is 1.62 bits per heavy atom. The Balaban J connectivity index is 4.22. The summed E-state index contributed by atoms with van der Waals surface area (Å²) in [6, 6.07) is 0. The first kappa shape index (κ1) is 13.1. The van der Waals surface area contributed by atoms with Crippen LogP contribution in [0.2, 0.25) is 6.55 Å². The van der Waals surface area contributed by atoms with E-state index >= 15 is 0 Å². The SMILES string of the molecule is CCN[Si](C)(NCC)NC(C)(C)C. The molecule has 0 aliphatic heterocycles. The minimum absolute atomic E-state index is 0.172. The Labute approximate surface area is 83.9 Å². The highest BCUT2D eigenvalue weighted by atomic mass is 28.4. The van der Waals surface area contributed by atoms with E-state index in [1.54, 1.807) is 0 Å². The fourth-order valence-corrected chi connectivity index (χ4v) is 4.82. The van der Waals surface area contributed by atoms with Gasteiger partial charge in [0.05, 0.1) is 0 Å². The molecule has 0 rings (SSSR count). The predicted octanol–water partition coefficient (Wildman–Crippen LogP) is 1.16. The summed E-state index contributed by atoms with van der Waals surface area (Å²) in [4.78, 5) is 10.7. The predicted molar refractivity (Wildman–Crippen MR) is 61.9 cm³/mol. The van der Waals surface area contributed by atoms with E-state index in [9.17, 15) is 0 Å². The van der Waals surface area contributed by atoms with Gasteiger partial charge in [0, 0.05) is 5.54 Å². The van der Waals surface area contributed by atoms with Crippen molar-refractivity contribution in [2.45, 2.75) is 46.7 Å². The molecule has 0 spiro atoms. The third-order valence-electron chi connectivity index (χ3n) is 1.69. The van der Waals surface area contributed by atoms with Crippen LogP contribution < -0.4 is 14.9 Å². The average molecular weight is 203 g/mol. The zero-order valence-electron chi connectivity index (χ0n) is 9.91. The van der Waals surface area contributed by atoms with Gasteiger partial charge in [-0.1, -0.05) is 13.8 Å². The standard InChI is InChI=1S/C9H25N3Si/c1-7-10-13(6,11-8-2)12-9(3,4)5/h10-12H,7-8H2,1-6H3. The van der Waals surface area contributed by atoms with Crippen LogP contribution in [0.15, 0.2) is 0 Å². The van der Waals surface area contributed by atoms with E-state index in [1.807, 2.05) is 0 Å². The van der Waals surface area contributed by atoms with Gasteiger partial charge in [-0.3, -0.25) is 0 Å². The summed E-state index contributed by atoms with van der Waals surface area (Å²) >= 11 is 0. The van der Waals surface area contributed by atoms with Gasteiger partial charge in [0.15, 0.2) is 0 Å². The van der Waals surface area contributed by atoms with Gasteiger partial charge in [-0.05, 0) is 40.4 Å². The molecule has 0 aliphatic carbocycles. The number of rotatable bonds is 5. The molecular formula is C9H25N3Si. The fourth-order valence-electron chi connectivity index (χ4n) is 1.61. The average Bonchev–Trinajstić information content (AvgIpc) is 1.82. The molecule has 0 amide bonds. The largest absolute Gasteiger partial charge is 0.314 e. The Morgan fingerprint density at radius 2 is 1.38 bits per heavy atom. The topological polar surface area (TPSA) is 36.1 Å². The Morgan fingerprint density at radius 1 is 1.00 bits per heavy atom. The van der Waals surface area contributed by atoms with Gasteiger partial charge in [-0.2, -0.15) is 0 Å². The summed E-state index contributed by atoms with van der Waals surface area (Å²) in [7, 11) is -1.63. The van der Waals surface area contributed by atoms with Gasteiger partial charge in [0.25, 0.3) is 8.56 Å². The molecule has 0 radical (unpaired) electrons. The molecule has 3 nitrogen and oxygen atoms in total. The van der Waals surface area contributed by atoms with Gasteiger partial charge in [-0.15, -0.1) is 0 Å². The summed E-state index contributed by atoms with van der Waals surface area (Å²) in [5, 5.41) is 0. The number of hydrogen-bond acceptors (Lipinski definition) is 3. The van der Waals surface area contributed by atoms with Crippen LogP contribution >= 0.6 is 0 Å². The van der Waals surface area contributed by atoms with Crippen molar-refractivity contribution in [1.29, 1.82) is 0 Å². The molecule has 0 atom stereocenters. The smallest absolute Gasteiger partial charge is 0.278 e. The van der Waals surface area contributed by atoms with Crippen LogP contribution in [0.25, 0.3) is 0 Å². The molecule has 0 aromatic heterocycles. The van der Waals surface area contributed by atoms with Gasteiger partial charge in [0.2, 0.25) is 0 Å². The van der Waals surface area contributed by atoms with Crippen LogP contribution in [0.5, 0.6) is 0 Å². The summed E-state index contributed by atoms with van der Waals surface area (Å²) < 4.78 is 0. The van der Waals surface area contributed by atoms with E-state index in [4.69, 9.17) is 0 Å². The molecule has 4 heteroatoms. The maximum atomic E-state index is 3.65. The van der Waals surface area contributed by atoms with Crippen LogP contribution in [0.1, 0.15) is 34.6 Å². The van der Waals surface area contributed by atoms with Crippen LogP contribution in [0.3, 0.4) is 0 Å². The lowest BCUT2D eigenvalue weighted by Gasteiger charge is -2.36. The van der Waals surface area contributed by atoms with Gasteiger partial charge < -0.3 is 14.9 Å². The Hall–Kier alpha value is 0.0969. The number of nitrogens with one attached hydrogen (secondary N) is 3. The third-order valence-corrected chi connectivity index (χ3v) is 5.06. The lowest BCUT2D eigenvalue weighted by atomic mass is 10.1. The third kappa shape index (κ3) is 6.21. The molecule has 0 unspecified atom stereocenters. The summed E-state index contributed by atoms with van der Waals surface area (Å²) in [5.41, 5.74) is 0.172. The van der Waals surface area contributed by atoms with Gasteiger partial charge in [-0.25, -0.2) is 0 Å². The highest BCUT2D eigenvalue weighted by Gasteiger charge is 2.30. The van der Waals surface area contributed by atoms with E-state index in [0.29, 0.717) is 0 Å². The van der Waals surface area contributed by atoms with Crippen molar-refractivity contribution in [2.75, 3.05) is 13.1 Å². The van der Waals surface area contributed by atoms with Crippen molar-refractivity contribution < 1.29 is 0 Å². The first-order chi connectivity index (χ1) is 5.83. The first-order valence-electron chi connectivity index (χ1n) is 5.12. The zero-order valence-corrected chi connectivity index (χ0v) is 10.9. The van der Waals surface area contributed by atoms with Crippen molar-refractivity contribution in [2.24, 2.45) is 0 Å². The molecule has 0 aromatic carbocycles. The highest BCUT2D eigenvalue weighted by molar-refractivity contribution is 6.71. The van der Waals surface area contributed by atoms with E-state index in [-0.39, 0.29) is 5.54 Å². The molecule has 0 aliphatic rings. The molecule has 0 aromatic rings. The van der Waals surface area contributed by atoms with E-state index in [0.717, 1.165) is 13.1 Å². The highest BCUT2D eigenvalue weighted by Crippen LogP contribution is 2.02.